The largest absolute Gasteiger partial charge is 0.497 e. The predicted molar refractivity (Wildman–Crippen MR) is 87.8 cm³/mol. The number of hydrogen-bond acceptors (Lipinski definition) is 2. The summed E-state index contributed by atoms with van der Waals surface area (Å²) in [4.78, 5) is 0. The van der Waals surface area contributed by atoms with Crippen LogP contribution in [0.4, 0.5) is 0 Å². The third-order valence-electron chi connectivity index (χ3n) is 3.29. The summed E-state index contributed by atoms with van der Waals surface area (Å²) in [5, 5.41) is 3.41. The highest BCUT2D eigenvalue weighted by molar-refractivity contribution is 14.1. The number of hydrogen-bond donors (Lipinski definition) is 1. The highest BCUT2D eigenvalue weighted by atomic mass is 127. The van der Waals surface area contributed by atoms with Crippen LogP contribution in [0, 0.1) is 10.5 Å². The second kappa shape index (κ2) is 6.39. The molecule has 0 fully saturated rings. The number of halogens is 1. The van der Waals surface area contributed by atoms with Crippen LogP contribution < -0.4 is 10.1 Å². The number of rotatable bonds is 4. The van der Waals surface area contributed by atoms with E-state index in [0.717, 1.165) is 5.75 Å². The molecule has 2 aromatic rings. The zero-order valence-corrected chi connectivity index (χ0v) is 13.6. The first-order valence-corrected chi connectivity index (χ1v) is 7.31. The van der Waals surface area contributed by atoms with E-state index in [1.807, 2.05) is 13.1 Å². The van der Waals surface area contributed by atoms with E-state index >= 15 is 0 Å². The van der Waals surface area contributed by atoms with Crippen molar-refractivity contribution in [3.63, 3.8) is 0 Å². The summed E-state index contributed by atoms with van der Waals surface area (Å²) in [5.74, 6) is 0.902. The molecule has 1 N–H and O–H groups in total. The van der Waals surface area contributed by atoms with Gasteiger partial charge in [-0.2, -0.15) is 0 Å². The van der Waals surface area contributed by atoms with Gasteiger partial charge in [0.25, 0.3) is 0 Å². The summed E-state index contributed by atoms with van der Waals surface area (Å²) in [6, 6.07) is 14.9. The minimum absolute atomic E-state index is 0.207. The molecule has 0 aliphatic carbocycles. The standard InChI is InChI=1S/C16H18INO/c1-11-10-12(19-3)8-9-13(11)16(18-2)14-6-4-5-7-15(14)17/h4-10,16,18H,1-3H3. The molecule has 0 spiro atoms. The average molecular weight is 367 g/mol. The maximum absolute atomic E-state index is 5.27. The number of aryl methyl sites for hydroxylation is 1. The van der Waals surface area contributed by atoms with Crippen LogP contribution in [0.2, 0.25) is 0 Å². The Morgan fingerprint density at radius 2 is 1.84 bits per heavy atom. The Balaban J connectivity index is 2.46. The highest BCUT2D eigenvalue weighted by Crippen LogP contribution is 2.29. The summed E-state index contributed by atoms with van der Waals surface area (Å²) < 4.78 is 6.54. The Bertz CT molecular complexity index is 568. The van der Waals surface area contributed by atoms with Crippen LogP contribution >= 0.6 is 22.6 Å². The van der Waals surface area contributed by atoms with E-state index in [9.17, 15) is 0 Å². The van der Waals surface area contributed by atoms with Gasteiger partial charge in [-0.05, 0) is 71.5 Å². The lowest BCUT2D eigenvalue weighted by atomic mass is 9.95. The second-order valence-corrected chi connectivity index (χ2v) is 5.63. The molecule has 0 aliphatic heterocycles. The second-order valence-electron chi connectivity index (χ2n) is 4.47. The van der Waals surface area contributed by atoms with Crippen molar-refractivity contribution in [1.82, 2.24) is 5.32 Å². The average Bonchev–Trinajstić information content (AvgIpc) is 2.43. The molecule has 2 nitrogen and oxygen atoms in total. The van der Waals surface area contributed by atoms with Crippen molar-refractivity contribution in [2.45, 2.75) is 13.0 Å². The zero-order valence-electron chi connectivity index (χ0n) is 11.4. The number of ether oxygens (including phenoxy) is 1. The molecule has 0 amide bonds. The van der Waals surface area contributed by atoms with Gasteiger partial charge in [-0.1, -0.05) is 24.3 Å². The van der Waals surface area contributed by atoms with Gasteiger partial charge in [-0.3, -0.25) is 0 Å². The summed E-state index contributed by atoms with van der Waals surface area (Å²) in [5.41, 5.74) is 3.82. The topological polar surface area (TPSA) is 21.3 Å². The van der Waals surface area contributed by atoms with E-state index < -0.39 is 0 Å². The molecule has 0 bridgehead atoms. The lowest BCUT2D eigenvalue weighted by Crippen LogP contribution is -2.19. The number of methoxy groups -OCH3 is 1. The van der Waals surface area contributed by atoms with Crippen LogP contribution in [0.5, 0.6) is 5.75 Å². The van der Waals surface area contributed by atoms with Crippen LogP contribution in [0.15, 0.2) is 42.5 Å². The molecule has 0 aliphatic rings. The van der Waals surface area contributed by atoms with Crippen molar-refractivity contribution >= 4 is 22.6 Å². The monoisotopic (exact) mass is 367 g/mol. The van der Waals surface area contributed by atoms with Crippen LogP contribution in [-0.4, -0.2) is 14.2 Å². The Hall–Kier alpha value is -1.07. The SMILES string of the molecule is CNC(c1ccc(OC)cc1C)c1ccccc1I. The van der Waals surface area contributed by atoms with Gasteiger partial charge in [0.2, 0.25) is 0 Å². The number of nitrogens with one attached hydrogen (secondary N) is 1. The van der Waals surface area contributed by atoms with E-state index in [1.54, 1.807) is 7.11 Å². The summed E-state index contributed by atoms with van der Waals surface area (Å²) in [6.07, 6.45) is 0. The zero-order chi connectivity index (χ0) is 13.8. The third kappa shape index (κ3) is 3.09. The molecule has 2 aromatic carbocycles. The molecule has 0 radical (unpaired) electrons. The fourth-order valence-corrected chi connectivity index (χ4v) is 2.99. The highest BCUT2D eigenvalue weighted by Gasteiger charge is 2.16. The van der Waals surface area contributed by atoms with Crippen molar-refractivity contribution in [2.24, 2.45) is 0 Å². The first-order valence-electron chi connectivity index (χ1n) is 6.23. The molecule has 19 heavy (non-hydrogen) atoms. The smallest absolute Gasteiger partial charge is 0.119 e. The van der Waals surface area contributed by atoms with Crippen molar-refractivity contribution in [3.8, 4) is 5.75 Å². The van der Waals surface area contributed by atoms with Gasteiger partial charge in [-0.25, -0.2) is 0 Å². The molecule has 1 unspecified atom stereocenters. The van der Waals surface area contributed by atoms with Gasteiger partial charge in [0.15, 0.2) is 0 Å². The first-order chi connectivity index (χ1) is 9.17. The quantitative estimate of drug-likeness (QED) is 0.828. The van der Waals surface area contributed by atoms with Crippen molar-refractivity contribution < 1.29 is 4.74 Å². The third-order valence-corrected chi connectivity index (χ3v) is 4.28. The van der Waals surface area contributed by atoms with E-state index in [2.05, 4.69) is 71.2 Å². The van der Waals surface area contributed by atoms with Crippen molar-refractivity contribution in [1.29, 1.82) is 0 Å². The molecule has 2 rings (SSSR count). The molecular weight excluding hydrogens is 349 g/mol. The van der Waals surface area contributed by atoms with Crippen LogP contribution in [0.3, 0.4) is 0 Å². The van der Waals surface area contributed by atoms with Gasteiger partial charge in [-0.15, -0.1) is 0 Å². The molecule has 1 atom stereocenters. The van der Waals surface area contributed by atoms with Crippen LogP contribution in [0.1, 0.15) is 22.7 Å². The molecule has 0 saturated heterocycles. The lowest BCUT2D eigenvalue weighted by Gasteiger charge is -2.21. The first kappa shape index (κ1) is 14.3. The van der Waals surface area contributed by atoms with Gasteiger partial charge in [0, 0.05) is 3.57 Å². The van der Waals surface area contributed by atoms with E-state index in [4.69, 9.17) is 4.74 Å². The normalized spacial score (nSPS) is 12.2. The van der Waals surface area contributed by atoms with Gasteiger partial charge in [0.05, 0.1) is 13.2 Å². The Morgan fingerprint density at radius 3 is 2.42 bits per heavy atom. The lowest BCUT2D eigenvalue weighted by molar-refractivity contribution is 0.414. The van der Waals surface area contributed by atoms with E-state index in [1.165, 1.54) is 20.3 Å². The van der Waals surface area contributed by atoms with Crippen molar-refractivity contribution in [3.05, 3.63) is 62.7 Å². The molecule has 0 saturated carbocycles. The maximum Gasteiger partial charge on any atom is 0.119 e. The fourth-order valence-electron chi connectivity index (χ4n) is 2.29. The number of benzene rings is 2. The Kier molecular flexibility index (Phi) is 4.82. The Morgan fingerprint density at radius 1 is 1.11 bits per heavy atom. The van der Waals surface area contributed by atoms with Crippen LogP contribution in [-0.2, 0) is 0 Å². The summed E-state index contributed by atoms with van der Waals surface area (Å²) >= 11 is 2.39. The van der Waals surface area contributed by atoms with Crippen LogP contribution in [0.25, 0.3) is 0 Å². The minimum Gasteiger partial charge on any atom is -0.497 e. The molecule has 100 valence electrons. The van der Waals surface area contributed by atoms with Gasteiger partial charge in [0.1, 0.15) is 5.75 Å². The molecule has 3 heteroatoms. The minimum atomic E-state index is 0.207. The van der Waals surface area contributed by atoms with E-state index in [0.29, 0.717) is 0 Å². The molecule has 0 aromatic heterocycles. The van der Waals surface area contributed by atoms with Gasteiger partial charge < -0.3 is 10.1 Å². The summed E-state index contributed by atoms with van der Waals surface area (Å²) in [6.45, 7) is 2.12. The fraction of sp³-hybridized carbons (Fsp3) is 0.250. The van der Waals surface area contributed by atoms with Gasteiger partial charge >= 0.3 is 0 Å². The van der Waals surface area contributed by atoms with E-state index in [-0.39, 0.29) is 6.04 Å². The molecular formula is C16H18INO. The van der Waals surface area contributed by atoms with Crippen molar-refractivity contribution in [2.75, 3.05) is 14.2 Å². The maximum atomic E-state index is 5.27. The summed E-state index contributed by atoms with van der Waals surface area (Å²) in [7, 11) is 3.70. The predicted octanol–water partition coefficient (Wildman–Crippen LogP) is 3.92. The molecule has 0 heterocycles. The Labute approximate surface area is 128 Å².